The van der Waals surface area contributed by atoms with Crippen LogP contribution in [0.4, 0.5) is 85.3 Å². The number of hydrogen-bond acceptors (Lipinski definition) is 6. The average Bonchev–Trinajstić information content (AvgIpc) is 0.713. The lowest BCUT2D eigenvalue weighted by Crippen LogP contribution is -2.12. The van der Waals surface area contributed by atoms with E-state index in [0.717, 1.165) is 68.2 Å². The summed E-state index contributed by atoms with van der Waals surface area (Å²) in [6.45, 7) is 2.12. The van der Waals surface area contributed by atoms with Crippen LogP contribution in [0.2, 0.25) is 0 Å². The topological polar surface area (TPSA) is 19.4 Å². The van der Waals surface area contributed by atoms with Crippen molar-refractivity contribution in [3.63, 3.8) is 0 Å². The summed E-state index contributed by atoms with van der Waals surface area (Å²) >= 11 is 0. The summed E-state index contributed by atoms with van der Waals surface area (Å²) in [5, 5.41) is 22.9. The van der Waals surface area contributed by atoms with Gasteiger partial charge in [-0.3, -0.25) is 0 Å². The first-order valence-corrected chi connectivity index (χ1v) is 46.0. The third-order valence-corrected chi connectivity index (χ3v) is 26.6. The Hall–Kier alpha value is -17.3. The Bertz CT molecular complexity index is 8260. The number of fused-ring (bicyclic) bond motifs is 8. The van der Waals surface area contributed by atoms with E-state index in [1.54, 1.807) is 0 Å². The van der Waals surface area contributed by atoms with Gasteiger partial charge in [0.05, 0.1) is 17.1 Å². The molecule has 0 aliphatic heterocycles. The lowest BCUT2D eigenvalue weighted by atomic mass is 9.89. The molecule has 0 unspecified atom stereocenters. The Labute approximate surface area is 782 Å². The van der Waals surface area contributed by atoms with E-state index in [-0.39, 0.29) is 0 Å². The molecular weight excluding hydrogens is 1620 g/mol. The standard InChI is InChI=1S/C49H34N2.C43H32N2.C36H30N2/c1-50(46-32-31-44-42-19-8-16-36-15-7-18-41(48(36)42)43-20-10-21-45(46)49(43)44)37-27-29-39(30-28-37)51(47-22-9-14-35-13-5-6-17-40(35)47)38-25-23-34(24-26-38)33-11-3-2-4-12-33;1-44(43-30-34-15-6-7-17-38(34)40-19-9-10-20-41(40)43)35-26-28-37(29-27-35)45(42-21-11-16-33-14-5-8-18-39(33)42)36-24-22-32(23-25-36)31-12-3-2-4-13-31;1-27-15-19-31(20-16-27)37(2)32-23-25-34(26-24-32)38(36-14-8-12-30-11-6-7-13-35(30)36)33-21-17-29(18-22-33)28-9-4-3-5-10-28/h2-32H,1H3;2-30H,1H3;3-26H,1-2H3. The van der Waals surface area contributed by atoms with E-state index >= 15 is 0 Å². The molecule has 0 N–H and O–H groups in total. The molecule has 24 rings (SSSR count). The van der Waals surface area contributed by atoms with Crippen LogP contribution in [-0.4, -0.2) is 21.1 Å². The highest BCUT2D eigenvalue weighted by Gasteiger charge is 2.24. The fraction of sp³-hybridized carbons (Fsp3) is 0.0312. The molecule has 0 aromatic heterocycles. The molecule has 134 heavy (non-hydrogen) atoms. The van der Waals surface area contributed by atoms with E-state index in [1.165, 1.54) is 153 Å². The van der Waals surface area contributed by atoms with Crippen LogP contribution in [0.25, 0.3) is 130 Å². The molecular formula is C128H96N6. The van der Waals surface area contributed by atoms with Crippen LogP contribution in [0.1, 0.15) is 5.56 Å². The molecule has 0 heterocycles. The van der Waals surface area contributed by atoms with E-state index in [1.807, 2.05) is 0 Å². The van der Waals surface area contributed by atoms with Crippen molar-refractivity contribution in [2.75, 3.05) is 50.5 Å². The van der Waals surface area contributed by atoms with E-state index in [2.05, 4.69) is 567 Å². The van der Waals surface area contributed by atoms with Gasteiger partial charge in [0, 0.05) is 116 Å². The largest absolute Gasteiger partial charge is 0.345 e. The van der Waals surface area contributed by atoms with Crippen LogP contribution in [-0.2, 0) is 0 Å². The predicted octanol–water partition coefficient (Wildman–Crippen LogP) is 35.9. The molecule has 6 heteroatoms. The summed E-state index contributed by atoms with van der Waals surface area (Å²) in [5.41, 5.74) is 25.7. The second kappa shape index (κ2) is 36.3. The third-order valence-electron chi connectivity index (χ3n) is 26.6. The van der Waals surface area contributed by atoms with Crippen molar-refractivity contribution < 1.29 is 0 Å². The van der Waals surface area contributed by atoms with E-state index < -0.39 is 0 Å². The van der Waals surface area contributed by atoms with Crippen molar-refractivity contribution in [3.8, 4) is 33.4 Å². The van der Waals surface area contributed by atoms with E-state index in [0.29, 0.717) is 0 Å². The van der Waals surface area contributed by atoms with Gasteiger partial charge in [0.25, 0.3) is 0 Å². The maximum atomic E-state index is 2.38. The highest BCUT2D eigenvalue weighted by Crippen LogP contribution is 2.49. The number of aryl methyl sites for hydroxylation is 1. The highest BCUT2D eigenvalue weighted by atomic mass is 15.2. The second-order valence-corrected chi connectivity index (χ2v) is 34.5. The van der Waals surface area contributed by atoms with Gasteiger partial charge in [0.1, 0.15) is 0 Å². The molecule has 0 bridgehead atoms. The Balaban J connectivity index is 0.000000118. The molecule has 0 spiro atoms. The van der Waals surface area contributed by atoms with Crippen LogP contribution >= 0.6 is 0 Å². The van der Waals surface area contributed by atoms with Crippen molar-refractivity contribution in [1.29, 1.82) is 0 Å². The van der Waals surface area contributed by atoms with Crippen molar-refractivity contribution >= 4 is 182 Å². The van der Waals surface area contributed by atoms with Gasteiger partial charge in [-0.05, 0) is 262 Å². The van der Waals surface area contributed by atoms with Gasteiger partial charge < -0.3 is 29.4 Å². The second-order valence-electron chi connectivity index (χ2n) is 34.5. The number of nitrogens with zero attached hydrogens (tertiary/aromatic N) is 6. The first kappa shape index (κ1) is 82.4. The molecule has 6 nitrogen and oxygen atoms in total. The van der Waals surface area contributed by atoms with Gasteiger partial charge in [-0.2, -0.15) is 0 Å². The van der Waals surface area contributed by atoms with Crippen LogP contribution in [0.15, 0.2) is 510 Å². The molecule has 0 radical (unpaired) electrons. The van der Waals surface area contributed by atoms with Gasteiger partial charge in [0.15, 0.2) is 0 Å². The summed E-state index contributed by atoms with van der Waals surface area (Å²) in [6.07, 6.45) is 0. The zero-order valence-electron chi connectivity index (χ0n) is 75.2. The molecule has 0 amide bonds. The Kier molecular flexibility index (Phi) is 22.3. The minimum absolute atomic E-state index is 1.11. The molecule has 638 valence electrons. The molecule has 0 aliphatic carbocycles. The normalized spacial score (nSPS) is 11.3. The fourth-order valence-corrected chi connectivity index (χ4v) is 19.7. The summed E-state index contributed by atoms with van der Waals surface area (Å²) in [7, 11) is 6.46. The fourth-order valence-electron chi connectivity index (χ4n) is 19.7. The summed E-state index contributed by atoms with van der Waals surface area (Å²) in [4.78, 5) is 13.9. The summed E-state index contributed by atoms with van der Waals surface area (Å²) in [6, 6.07) is 184. The molecule has 0 aliphatic rings. The van der Waals surface area contributed by atoms with E-state index in [4.69, 9.17) is 0 Å². The Morgan fingerprint density at radius 3 is 0.791 bits per heavy atom. The monoisotopic (exact) mass is 1720 g/mol. The first-order chi connectivity index (χ1) is 66.1. The van der Waals surface area contributed by atoms with Crippen molar-refractivity contribution in [2.24, 2.45) is 0 Å². The minimum atomic E-state index is 1.11. The molecule has 24 aromatic carbocycles. The van der Waals surface area contributed by atoms with Crippen LogP contribution in [0.5, 0.6) is 0 Å². The highest BCUT2D eigenvalue weighted by molar-refractivity contribution is 6.34. The van der Waals surface area contributed by atoms with Crippen molar-refractivity contribution in [1.82, 2.24) is 0 Å². The van der Waals surface area contributed by atoms with Crippen molar-refractivity contribution in [3.05, 3.63) is 515 Å². The van der Waals surface area contributed by atoms with Gasteiger partial charge in [0.2, 0.25) is 0 Å². The quantitative estimate of drug-likeness (QED) is 0.0625. The summed E-state index contributed by atoms with van der Waals surface area (Å²) in [5.74, 6) is 0. The Morgan fingerprint density at radius 2 is 0.388 bits per heavy atom. The minimum Gasteiger partial charge on any atom is -0.345 e. The average molecular weight is 1720 g/mol. The number of hydrogen-bond donors (Lipinski definition) is 0. The molecule has 0 saturated heterocycles. The zero-order valence-corrected chi connectivity index (χ0v) is 75.2. The molecule has 0 saturated carbocycles. The van der Waals surface area contributed by atoms with E-state index in [9.17, 15) is 0 Å². The maximum Gasteiger partial charge on any atom is 0.0540 e. The van der Waals surface area contributed by atoms with Gasteiger partial charge in [-0.15, -0.1) is 0 Å². The maximum absolute atomic E-state index is 2.38. The van der Waals surface area contributed by atoms with Crippen molar-refractivity contribution in [2.45, 2.75) is 6.92 Å². The lowest BCUT2D eigenvalue weighted by Gasteiger charge is -2.28. The Morgan fingerprint density at radius 1 is 0.134 bits per heavy atom. The number of anilines is 15. The van der Waals surface area contributed by atoms with Crippen LogP contribution in [0.3, 0.4) is 0 Å². The SMILES string of the molecule is CN(c1ccc(N(c2ccc(-c3ccccc3)cc2)c2cccc3ccccc23)cc1)c1cc2ccccc2c2ccccc12.CN(c1ccc(N(c2ccc(-c3ccccc3)cc2)c2cccc3ccccc23)cc1)c1ccc2c3cccc4cccc(c5cccc1c52)c43.Cc1ccc(N(C)c2ccc(N(c3ccc(-c4ccccc4)cc3)c3cccc4ccccc34)cc2)cc1. The summed E-state index contributed by atoms with van der Waals surface area (Å²) < 4.78 is 0. The molecule has 0 atom stereocenters. The molecule has 0 fully saturated rings. The number of benzene rings is 24. The predicted molar refractivity (Wildman–Crippen MR) is 577 cm³/mol. The molecule has 24 aromatic rings. The zero-order chi connectivity index (χ0) is 90.0. The lowest BCUT2D eigenvalue weighted by molar-refractivity contribution is 1.20. The first-order valence-electron chi connectivity index (χ1n) is 46.0. The van der Waals surface area contributed by atoms with Gasteiger partial charge in [-0.1, -0.05) is 363 Å². The van der Waals surface area contributed by atoms with Gasteiger partial charge in [-0.25, -0.2) is 0 Å². The number of rotatable bonds is 18. The van der Waals surface area contributed by atoms with Crippen LogP contribution in [0, 0.1) is 6.92 Å². The van der Waals surface area contributed by atoms with Gasteiger partial charge >= 0.3 is 0 Å². The smallest absolute Gasteiger partial charge is 0.0540 e. The third kappa shape index (κ3) is 16.0. The van der Waals surface area contributed by atoms with Crippen LogP contribution < -0.4 is 29.4 Å².